The Hall–Kier alpha value is -3.85. The molecule has 4 fully saturated rings. The van der Waals surface area contributed by atoms with Gasteiger partial charge in [-0.25, -0.2) is 8.42 Å². The lowest BCUT2D eigenvalue weighted by atomic mass is 9.48. The summed E-state index contributed by atoms with van der Waals surface area (Å²) in [5, 5.41) is 3.03. The molecule has 49 heavy (non-hydrogen) atoms. The predicted molar refractivity (Wildman–Crippen MR) is 194 cm³/mol. The van der Waals surface area contributed by atoms with Crippen LogP contribution < -0.4 is 14.4 Å². The molecule has 0 aliphatic heterocycles. The summed E-state index contributed by atoms with van der Waals surface area (Å²) >= 11 is 0. The Morgan fingerprint density at radius 1 is 0.898 bits per heavy atom. The van der Waals surface area contributed by atoms with Gasteiger partial charge in [-0.1, -0.05) is 67.9 Å². The molecular formula is C40H51N3O5S. The third kappa shape index (κ3) is 8.14. The lowest BCUT2D eigenvalue weighted by molar-refractivity contribution is -0.140. The number of hydrogen-bond donors (Lipinski definition) is 1. The maximum absolute atomic E-state index is 14.5. The van der Waals surface area contributed by atoms with Crippen LogP contribution in [0.3, 0.4) is 0 Å². The molecule has 0 spiro atoms. The fourth-order valence-electron chi connectivity index (χ4n) is 9.09. The minimum atomic E-state index is -3.85. The zero-order valence-electron chi connectivity index (χ0n) is 29.1. The summed E-state index contributed by atoms with van der Waals surface area (Å²) in [6.07, 6.45) is 10.9. The summed E-state index contributed by atoms with van der Waals surface area (Å²) in [4.78, 5) is 29.9. The number of sulfonamides is 1. The number of nitrogens with zero attached hydrogens (tertiary/aromatic N) is 2. The molecule has 9 heteroatoms. The lowest BCUT2D eigenvalue weighted by Gasteiger charge is -2.57. The zero-order chi connectivity index (χ0) is 34.6. The largest absolute Gasteiger partial charge is 0.497 e. The van der Waals surface area contributed by atoms with Crippen molar-refractivity contribution in [2.24, 2.45) is 17.8 Å². The second-order valence-corrected chi connectivity index (χ2v) is 16.6. The Morgan fingerprint density at radius 2 is 1.53 bits per heavy atom. The molecule has 4 saturated carbocycles. The van der Waals surface area contributed by atoms with Gasteiger partial charge in [-0.05, 0) is 109 Å². The fourth-order valence-corrected chi connectivity index (χ4v) is 9.94. The molecule has 0 aromatic heterocycles. The van der Waals surface area contributed by atoms with E-state index < -0.39 is 28.5 Å². The Morgan fingerprint density at radius 3 is 2.12 bits per heavy atom. The highest BCUT2D eigenvalue weighted by molar-refractivity contribution is 7.92. The topological polar surface area (TPSA) is 96.0 Å². The van der Waals surface area contributed by atoms with Gasteiger partial charge in [-0.2, -0.15) is 0 Å². The normalized spacial score (nSPS) is 23.1. The van der Waals surface area contributed by atoms with Crippen LogP contribution in [0.2, 0.25) is 0 Å². The van der Waals surface area contributed by atoms with Crippen molar-refractivity contribution in [3.05, 3.63) is 95.6 Å². The van der Waals surface area contributed by atoms with E-state index in [1.807, 2.05) is 66.7 Å². The SMILES string of the molecule is CCCCNC(=O)C(Cc1ccccc1)N(Cc1cccc(OC)c1)C(=O)CN(c1ccc(C23CC4CC(CC(C4)C2)C3)cc1)S(C)(=O)=O. The van der Waals surface area contributed by atoms with Crippen LogP contribution in [0.5, 0.6) is 5.75 Å². The first-order valence-corrected chi connectivity index (χ1v) is 19.7. The highest BCUT2D eigenvalue weighted by Gasteiger charge is 2.51. The molecule has 0 saturated heterocycles. The molecule has 0 heterocycles. The van der Waals surface area contributed by atoms with Crippen LogP contribution >= 0.6 is 0 Å². The highest BCUT2D eigenvalue weighted by Crippen LogP contribution is 2.60. The van der Waals surface area contributed by atoms with Crippen molar-refractivity contribution in [2.45, 2.75) is 82.7 Å². The molecule has 1 unspecified atom stereocenters. The number of ether oxygens (including phenoxy) is 1. The van der Waals surface area contributed by atoms with Crippen molar-refractivity contribution in [1.82, 2.24) is 10.2 Å². The van der Waals surface area contributed by atoms with E-state index in [9.17, 15) is 18.0 Å². The Labute approximate surface area is 292 Å². The van der Waals surface area contributed by atoms with Gasteiger partial charge in [0.05, 0.1) is 19.1 Å². The molecule has 8 nitrogen and oxygen atoms in total. The van der Waals surface area contributed by atoms with E-state index in [-0.39, 0.29) is 24.3 Å². The van der Waals surface area contributed by atoms with E-state index in [1.165, 1.54) is 53.3 Å². The van der Waals surface area contributed by atoms with Crippen molar-refractivity contribution in [2.75, 3.05) is 30.8 Å². The first-order valence-electron chi connectivity index (χ1n) is 17.9. The number of carbonyl (C=O) groups excluding carboxylic acids is 2. The maximum atomic E-state index is 14.5. The molecule has 3 aromatic rings. The van der Waals surface area contributed by atoms with Crippen molar-refractivity contribution >= 4 is 27.5 Å². The van der Waals surface area contributed by atoms with Crippen LogP contribution in [-0.4, -0.2) is 57.6 Å². The average molecular weight is 686 g/mol. The molecule has 262 valence electrons. The number of anilines is 1. The van der Waals surface area contributed by atoms with Crippen LogP contribution in [-0.2, 0) is 38.0 Å². The van der Waals surface area contributed by atoms with E-state index in [2.05, 4.69) is 24.4 Å². The number of benzene rings is 3. The smallest absolute Gasteiger partial charge is 0.244 e. The monoisotopic (exact) mass is 685 g/mol. The number of amides is 2. The number of methoxy groups -OCH3 is 1. The quantitative estimate of drug-likeness (QED) is 0.185. The molecule has 2 amide bonds. The predicted octanol–water partition coefficient (Wildman–Crippen LogP) is 6.49. The average Bonchev–Trinajstić information content (AvgIpc) is 3.08. The zero-order valence-corrected chi connectivity index (χ0v) is 30.0. The number of rotatable bonds is 15. The fraction of sp³-hybridized carbons (Fsp3) is 0.500. The van der Waals surface area contributed by atoms with Crippen molar-refractivity contribution in [3.8, 4) is 5.75 Å². The van der Waals surface area contributed by atoms with Gasteiger partial charge in [0.25, 0.3) is 0 Å². The maximum Gasteiger partial charge on any atom is 0.244 e. The van der Waals surface area contributed by atoms with Crippen LogP contribution in [0.15, 0.2) is 78.9 Å². The minimum absolute atomic E-state index is 0.108. The first-order chi connectivity index (χ1) is 23.6. The summed E-state index contributed by atoms with van der Waals surface area (Å²) in [5.74, 6) is 2.32. The first kappa shape index (κ1) is 35.0. The third-order valence-electron chi connectivity index (χ3n) is 11.1. The number of hydrogen-bond acceptors (Lipinski definition) is 5. The van der Waals surface area contributed by atoms with E-state index in [0.717, 1.165) is 48.0 Å². The molecule has 4 aliphatic rings. The van der Waals surface area contributed by atoms with Crippen molar-refractivity contribution in [3.63, 3.8) is 0 Å². The second-order valence-electron chi connectivity index (χ2n) is 14.7. The Kier molecular flexibility index (Phi) is 10.7. The van der Waals surface area contributed by atoms with Crippen LogP contribution in [0.4, 0.5) is 5.69 Å². The molecule has 7 rings (SSSR count). The van der Waals surface area contributed by atoms with Gasteiger partial charge in [0.1, 0.15) is 18.3 Å². The summed E-state index contributed by atoms with van der Waals surface area (Å²) in [6.45, 7) is 2.24. The third-order valence-corrected chi connectivity index (χ3v) is 12.2. The molecular weight excluding hydrogens is 635 g/mol. The summed E-state index contributed by atoms with van der Waals surface area (Å²) in [6, 6.07) is 24.1. The molecule has 3 aromatic carbocycles. The number of unbranched alkanes of at least 4 members (excludes halogenated alkanes) is 1. The van der Waals surface area contributed by atoms with E-state index in [4.69, 9.17) is 4.74 Å². The van der Waals surface area contributed by atoms with Gasteiger partial charge in [-0.3, -0.25) is 13.9 Å². The van der Waals surface area contributed by atoms with Gasteiger partial charge in [0, 0.05) is 19.5 Å². The minimum Gasteiger partial charge on any atom is -0.497 e. The summed E-state index contributed by atoms with van der Waals surface area (Å²) in [5.41, 5.74) is 3.61. The number of carbonyl (C=O) groups is 2. The van der Waals surface area contributed by atoms with E-state index in [0.29, 0.717) is 18.0 Å². The van der Waals surface area contributed by atoms with Gasteiger partial charge in [0.15, 0.2) is 0 Å². The van der Waals surface area contributed by atoms with Gasteiger partial charge in [0.2, 0.25) is 21.8 Å². The Balaban J connectivity index is 1.30. The van der Waals surface area contributed by atoms with Crippen LogP contribution in [0.1, 0.15) is 75.0 Å². The molecule has 0 radical (unpaired) electrons. The molecule has 1 atom stereocenters. The van der Waals surface area contributed by atoms with Crippen LogP contribution in [0.25, 0.3) is 0 Å². The lowest BCUT2D eigenvalue weighted by Crippen LogP contribution is -2.53. The highest BCUT2D eigenvalue weighted by atomic mass is 32.2. The second kappa shape index (κ2) is 15.0. The summed E-state index contributed by atoms with van der Waals surface area (Å²) < 4.78 is 33.4. The van der Waals surface area contributed by atoms with Gasteiger partial charge >= 0.3 is 0 Å². The standard InChI is InChI=1S/C40H51N3O5S/c1-4-5-18-41-39(45)37(23-29-10-7-6-8-11-29)42(27-30-12-9-13-36(22-30)48-2)38(44)28-43(49(3,46)47)35-16-14-34(15-17-35)40-24-31-19-32(25-40)21-33(20-31)26-40/h6-17,22,31-33,37H,4-5,18-21,23-28H2,1-3H3,(H,41,45). The van der Waals surface area contributed by atoms with Gasteiger partial charge in [-0.15, -0.1) is 0 Å². The summed E-state index contributed by atoms with van der Waals surface area (Å²) in [7, 11) is -2.26. The molecule has 1 N–H and O–H groups in total. The number of nitrogens with one attached hydrogen (secondary N) is 1. The Bertz CT molecular complexity index is 1670. The van der Waals surface area contributed by atoms with Crippen molar-refractivity contribution < 1.29 is 22.7 Å². The van der Waals surface area contributed by atoms with E-state index in [1.54, 1.807) is 7.11 Å². The molecule has 4 bridgehead atoms. The molecule has 4 aliphatic carbocycles. The van der Waals surface area contributed by atoms with E-state index >= 15 is 0 Å². The van der Waals surface area contributed by atoms with Crippen LogP contribution in [0, 0.1) is 17.8 Å². The van der Waals surface area contributed by atoms with Crippen molar-refractivity contribution in [1.29, 1.82) is 0 Å². The van der Waals surface area contributed by atoms with Gasteiger partial charge < -0.3 is 15.0 Å².